The standard InChI is InChI=1S/C9H18BrNO/c1-11(5-8-3-4-8)6-9(10)7-12-2/h8-9H,3-7H2,1-2H3. The third-order valence-electron chi connectivity index (χ3n) is 2.12. The van der Waals surface area contributed by atoms with Crippen LogP contribution >= 0.6 is 15.9 Å². The van der Waals surface area contributed by atoms with Gasteiger partial charge >= 0.3 is 0 Å². The number of methoxy groups -OCH3 is 1. The van der Waals surface area contributed by atoms with Gasteiger partial charge in [-0.3, -0.25) is 0 Å². The molecule has 72 valence electrons. The Labute approximate surface area is 83.4 Å². The maximum Gasteiger partial charge on any atom is 0.0600 e. The summed E-state index contributed by atoms with van der Waals surface area (Å²) in [5.41, 5.74) is 0. The van der Waals surface area contributed by atoms with Crippen LogP contribution in [0.5, 0.6) is 0 Å². The minimum atomic E-state index is 0.478. The minimum Gasteiger partial charge on any atom is -0.383 e. The van der Waals surface area contributed by atoms with Gasteiger partial charge in [0.05, 0.1) is 11.4 Å². The number of nitrogens with zero attached hydrogens (tertiary/aromatic N) is 1. The van der Waals surface area contributed by atoms with Gasteiger partial charge in [-0.25, -0.2) is 0 Å². The zero-order chi connectivity index (χ0) is 8.97. The largest absolute Gasteiger partial charge is 0.383 e. The molecule has 12 heavy (non-hydrogen) atoms. The molecule has 0 aliphatic heterocycles. The molecule has 0 heterocycles. The van der Waals surface area contributed by atoms with Crippen molar-refractivity contribution in [2.45, 2.75) is 17.7 Å². The molecule has 1 atom stereocenters. The fourth-order valence-electron chi connectivity index (χ4n) is 1.39. The Balaban J connectivity index is 2.02. The maximum absolute atomic E-state index is 5.05. The predicted molar refractivity (Wildman–Crippen MR) is 54.8 cm³/mol. The van der Waals surface area contributed by atoms with Gasteiger partial charge in [-0.1, -0.05) is 15.9 Å². The highest BCUT2D eigenvalue weighted by atomic mass is 79.9. The van der Waals surface area contributed by atoms with Crippen LogP contribution in [-0.4, -0.2) is 43.6 Å². The van der Waals surface area contributed by atoms with Crippen molar-refractivity contribution in [1.29, 1.82) is 0 Å². The van der Waals surface area contributed by atoms with Gasteiger partial charge in [0.15, 0.2) is 0 Å². The molecule has 1 fully saturated rings. The quantitative estimate of drug-likeness (QED) is 0.651. The van der Waals surface area contributed by atoms with Crippen molar-refractivity contribution in [3.63, 3.8) is 0 Å². The molecular formula is C9H18BrNO. The Morgan fingerprint density at radius 1 is 1.58 bits per heavy atom. The maximum atomic E-state index is 5.05. The first-order valence-electron chi connectivity index (χ1n) is 4.54. The molecule has 0 aromatic rings. The fourth-order valence-corrected chi connectivity index (χ4v) is 2.15. The Morgan fingerprint density at radius 3 is 2.75 bits per heavy atom. The lowest BCUT2D eigenvalue weighted by Gasteiger charge is -2.19. The van der Waals surface area contributed by atoms with Gasteiger partial charge in [0, 0.05) is 20.2 Å². The fraction of sp³-hybridized carbons (Fsp3) is 1.00. The lowest BCUT2D eigenvalue weighted by atomic mass is 10.3. The van der Waals surface area contributed by atoms with Crippen LogP contribution in [0.25, 0.3) is 0 Å². The van der Waals surface area contributed by atoms with E-state index >= 15 is 0 Å². The number of hydrogen-bond donors (Lipinski definition) is 0. The lowest BCUT2D eigenvalue weighted by molar-refractivity contribution is 0.185. The monoisotopic (exact) mass is 235 g/mol. The summed E-state index contributed by atoms with van der Waals surface area (Å²) in [5.74, 6) is 0.984. The molecule has 3 heteroatoms. The van der Waals surface area contributed by atoms with Gasteiger partial charge in [-0.15, -0.1) is 0 Å². The average Bonchev–Trinajstić information content (AvgIpc) is 2.71. The summed E-state index contributed by atoms with van der Waals surface area (Å²) in [6.07, 6.45) is 2.86. The summed E-state index contributed by atoms with van der Waals surface area (Å²) in [6, 6.07) is 0. The lowest BCUT2D eigenvalue weighted by Crippen LogP contribution is -2.29. The summed E-state index contributed by atoms with van der Waals surface area (Å²) >= 11 is 3.58. The van der Waals surface area contributed by atoms with Gasteiger partial charge in [0.1, 0.15) is 0 Å². The van der Waals surface area contributed by atoms with E-state index < -0.39 is 0 Å². The molecule has 0 aromatic heterocycles. The number of rotatable bonds is 6. The number of alkyl halides is 1. The van der Waals surface area contributed by atoms with Gasteiger partial charge in [0.2, 0.25) is 0 Å². The average molecular weight is 236 g/mol. The van der Waals surface area contributed by atoms with E-state index in [0.717, 1.165) is 19.1 Å². The molecule has 0 saturated heterocycles. The van der Waals surface area contributed by atoms with Gasteiger partial charge in [-0.05, 0) is 25.8 Å². The smallest absolute Gasteiger partial charge is 0.0600 e. The minimum absolute atomic E-state index is 0.478. The van der Waals surface area contributed by atoms with Gasteiger partial charge in [-0.2, -0.15) is 0 Å². The van der Waals surface area contributed by atoms with Gasteiger partial charge in [0.25, 0.3) is 0 Å². The third kappa shape index (κ3) is 4.43. The zero-order valence-electron chi connectivity index (χ0n) is 7.92. The Kier molecular flexibility index (Phi) is 4.54. The molecule has 1 unspecified atom stereocenters. The van der Waals surface area contributed by atoms with E-state index in [2.05, 4.69) is 27.9 Å². The zero-order valence-corrected chi connectivity index (χ0v) is 9.51. The number of hydrogen-bond acceptors (Lipinski definition) is 2. The third-order valence-corrected chi connectivity index (χ3v) is 2.68. The Hall–Kier alpha value is 0.400. The van der Waals surface area contributed by atoms with Crippen molar-refractivity contribution < 1.29 is 4.74 Å². The van der Waals surface area contributed by atoms with Crippen LogP contribution < -0.4 is 0 Å². The molecule has 0 aromatic carbocycles. The van der Waals surface area contributed by atoms with Crippen molar-refractivity contribution >= 4 is 15.9 Å². The van der Waals surface area contributed by atoms with Gasteiger partial charge < -0.3 is 9.64 Å². The second kappa shape index (κ2) is 5.20. The Morgan fingerprint density at radius 2 is 2.25 bits per heavy atom. The number of ether oxygens (including phenoxy) is 1. The molecule has 1 aliphatic carbocycles. The first kappa shape index (κ1) is 10.5. The van der Waals surface area contributed by atoms with Crippen molar-refractivity contribution in [3.8, 4) is 0 Å². The van der Waals surface area contributed by atoms with E-state index in [1.165, 1.54) is 19.4 Å². The van der Waals surface area contributed by atoms with Crippen LogP contribution in [0.1, 0.15) is 12.8 Å². The molecule has 0 N–H and O–H groups in total. The molecule has 1 aliphatic rings. The van der Waals surface area contributed by atoms with Crippen molar-refractivity contribution in [1.82, 2.24) is 4.90 Å². The second-order valence-electron chi connectivity index (χ2n) is 3.72. The predicted octanol–water partition coefficient (Wildman–Crippen LogP) is 1.74. The topological polar surface area (TPSA) is 12.5 Å². The molecule has 0 spiro atoms. The summed E-state index contributed by atoms with van der Waals surface area (Å²) in [6.45, 7) is 3.14. The Bertz CT molecular complexity index is 128. The van der Waals surface area contributed by atoms with E-state index in [0.29, 0.717) is 4.83 Å². The SMILES string of the molecule is COCC(Br)CN(C)CC1CC1. The van der Waals surface area contributed by atoms with Crippen LogP contribution in [-0.2, 0) is 4.74 Å². The van der Waals surface area contributed by atoms with Crippen LogP contribution in [0.2, 0.25) is 0 Å². The van der Waals surface area contributed by atoms with Crippen LogP contribution in [0, 0.1) is 5.92 Å². The van der Waals surface area contributed by atoms with Crippen LogP contribution in [0.4, 0.5) is 0 Å². The van der Waals surface area contributed by atoms with E-state index in [4.69, 9.17) is 4.74 Å². The van der Waals surface area contributed by atoms with Crippen molar-refractivity contribution in [3.05, 3.63) is 0 Å². The van der Waals surface area contributed by atoms with E-state index in [1.54, 1.807) is 7.11 Å². The van der Waals surface area contributed by atoms with Crippen LogP contribution in [0.3, 0.4) is 0 Å². The van der Waals surface area contributed by atoms with E-state index in [9.17, 15) is 0 Å². The highest BCUT2D eigenvalue weighted by Crippen LogP contribution is 2.29. The highest BCUT2D eigenvalue weighted by molar-refractivity contribution is 9.09. The summed E-state index contributed by atoms with van der Waals surface area (Å²) in [5, 5.41) is 0. The second-order valence-corrected chi connectivity index (χ2v) is 5.01. The molecule has 0 radical (unpaired) electrons. The first-order chi connectivity index (χ1) is 5.72. The van der Waals surface area contributed by atoms with E-state index in [-0.39, 0.29) is 0 Å². The normalized spacial score (nSPS) is 20.0. The van der Waals surface area contributed by atoms with Crippen LogP contribution in [0.15, 0.2) is 0 Å². The highest BCUT2D eigenvalue weighted by Gasteiger charge is 2.23. The summed E-state index contributed by atoms with van der Waals surface area (Å²) in [4.78, 5) is 2.86. The molecule has 1 rings (SSSR count). The molecule has 2 nitrogen and oxygen atoms in total. The molecular weight excluding hydrogens is 218 g/mol. The van der Waals surface area contributed by atoms with Crippen molar-refractivity contribution in [2.75, 3.05) is 33.9 Å². The van der Waals surface area contributed by atoms with E-state index in [1.807, 2.05) is 0 Å². The van der Waals surface area contributed by atoms with Crippen molar-refractivity contribution in [2.24, 2.45) is 5.92 Å². The first-order valence-corrected chi connectivity index (χ1v) is 5.45. The summed E-state index contributed by atoms with van der Waals surface area (Å²) in [7, 11) is 3.93. The molecule has 0 bridgehead atoms. The molecule has 1 saturated carbocycles. The molecule has 0 amide bonds. The number of halogens is 1. The summed E-state index contributed by atoms with van der Waals surface area (Å²) < 4.78 is 5.05.